The van der Waals surface area contributed by atoms with Crippen LogP contribution in [0.15, 0.2) is 0 Å². The van der Waals surface area contributed by atoms with Crippen molar-refractivity contribution < 1.29 is 21.6 Å². The summed E-state index contributed by atoms with van der Waals surface area (Å²) in [4.78, 5) is 0. The van der Waals surface area contributed by atoms with Crippen LogP contribution in [-0.2, 0) is 16.5 Å². The second kappa shape index (κ2) is 18.5. The number of unbranched alkanes of at least 4 members (excludes halogenated alkanes) is 5. The van der Waals surface area contributed by atoms with E-state index in [2.05, 4.69) is 0 Å². The topological polar surface area (TPSA) is 72.3 Å². The molecule has 0 rings (SSSR count). The number of nitrogens with two attached hydrogens (primary N) is 2. The van der Waals surface area contributed by atoms with Gasteiger partial charge in [-0.25, -0.2) is 0 Å². The van der Waals surface area contributed by atoms with E-state index in [1.807, 2.05) is 0 Å². The Morgan fingerprint density at radius 1 is 1.00 bits per heavy atom. The van der Waals surface area contributed by atoms with Crippen molar-refractivity contribution in [3.8, 4) is 0 Å². The van der Waals surface area contributed by atoms with E-state index in [9.17, 15) is 0 Å². The Bertz CT molecular complexity index is 123. The van der Waals surface area contributed by atoms with Gasteiger partial charge in [-0.1, -0.05) is 32.1 Å². The molecule has 16 heavy (non-hydrogen) atoms. The van der Waals surface area contributed by atoms with Gasteiger partial charge in [0.1, 0.15) is 0 Å². The molecule has 1 atom stereocenters. The fraction of sp³-hybridized carbons (Fsp3) is 1.00. The summed E-state index contributed by atoms with van der Waals surface area (Å²) < 4.78 is 0. The number of aliphatic hydroxyl groups excluding tert-OH is 1. The first-order valence-corrected chi connectivity index (χ1v) is 11.2. The SMILES string of the molecule is NCC(N)CCCCCCCCO.[Cl][Pt+2][Cl]. The Kier molecular flexibility index (Phi) is 22.5. The summed E-state index contributed by atoms with van der Waals surface area (Å²) in [5, 5.41) is 8.54. The van der Waals surface area contributed by atoms with Gasteiger partial charge in [0.05, 0.1) is 0 Å². The van der Waals surface area contributed by atoms with Gasteiger partial charge >= 0.3 is 35.3 Å². The third kappa shape index (κ3) is 20.5. The van der Waals surface area contributed by atoms with Gasteiger partial charge in [0.25, 0.3) is 0 Å². The van der Waals surface area contributed by atoms with Crippen molar-refractivity contribution in [2.75, 3.05) is 13.2 Å². The van der Waals surface area contributed by atoms with Crippen molar-refractivity contribution in [1.82, 2.24) is 0 Å². The average Bonchev–Trinajstić information content (AvgIpc) is 2.28. The number of rotatable bonds is 9. The molecule has 1 unspecified atom stereocenters. The Hall–Kier alpha value is 1.15. The van der Waals surface area contributed by atoms with E-state index >= 15 is 0 Å². The average molecular weight is 454 g/mol. The summed E-state index contributed by atoms with van der Waals surface area (Å²) in [6, 6.07) is 0.192. The first-order chi connectivity index (χ1) is 7.72. The van der Waals surface area contributed by atoms with Crippen molar-refractivity contribution in [1.29, 1.82) is 0 Å². The van der Waals surface area contributed by atoms with Gasteiger partial charge in [-0.3, -0.25) is 0 Å². The Balaban J connectivity index is 0. The summed E-state index contributed by atoms with van der Waals surface area (Å²) in [7, 11) is 9.75. The van der Waals surface area contributed by atoms with Gasteiger partial charge in [0.15, 0.2) is 0 Å². The van der Waals surface area contributed by atoms with Crippen LogP contribution in [0.4, 0.5) is 0 Å². The third-order valence-electron chi connectivity index (χ3n) is 2.29. The van der Waals surface area contributed by atoms with E-state index in [4.69, 9.17) is 35.4 Å². The molecule has 0 heterocycles. The van der Waals surface area contributed by atoms with Crippen LogP contribution in [0.3, 0.4) is 0 Å². The molecule has 0 spiro atoms. The van der Waals surface area contributed by atoms with Crippen molar-refractivity contribution >= 4 is 18.8 Å². The van der Waals surface area contributed by atoms with E-state index in [0.29, 0.717) is 13.2 Å². The van der Waals surface area contributed by atoms with E-state index in [0.717, 1.165) is 19.3 Å². The molecule has 0 saturated carbocycles. The maximum absolute atomic E-state index is 8.54. The standard InChI is InChI=1S/C10H24N2O.2ClH.Pt/c11-9-10(12)7-5-3-1-2-4-6-8-13;;;/h10,13H,1-9,11-12H2;2*1H;/q;;;+4/p-2. The maximum atomic E-state index is 8.54. The number of halogens is 2. The van der Waals surface area contributed by atoms with Gasteiger partial charge in [-0.2, -0.15) is 0 Å². The van der Waals surface area contributed by atoms with Crippen LogP contribution in [-0.4, -0.2) is 24.3 Å². The zero-order valence-electron chi connectivity index (χ0n) is 9.62. The molecular weight excluding hydrogens is 430 g/mol. The van der Waals surface area contributed by atoms with Crippen molar-refractivity contribution in [3.05, 3.63) is 0 Å². The van der Waals surface area contributed by atoms with Crippen LogP contribution < -0.4 is 11.5 Å². The van der Waals surface area contributed by atoms with Crippen LogP contribution in [0.1, 0.15) is 44.9 Å². The Morgan fingerprint density at radius 2 is 1.44 bits per heavy atom. The minimum atomic E-state index is -0.472. The van der Waals surface area contributed by atoms with Gasteiger partial charge in [0, 0.05) is 19.2 Å². The molecule has 0 amide bonds. The van der Waals surface area contributed by atoms with Gasteiger partial charge in [-0.05, 0) is 12.8 Å². The van der Waals surface area contributed by atoms with Crippen LogP contribution in [0.5, 0.6) is 0 Å². The monoisotopic (exact) mass is 453 g/mol. The van der Waals surface area contributed by atoms with Crippen molar-refractivity contribution in [3.63, 3.8) is 0 Å². The number of aliphatic hydroxyl groups is 1. The van der Waals surface area contributed by atoms with Gasteiger partial charge in [0.2, 0.25) is 0 Å². The van der Waals surface area contributed by atoms with Crippen LogP contribution in [0, 0.1) is 0 Å². The summed E-state index contributed by atoms with van der Waals surface area (Å²) >= 11 is -0.472. The van der Waals surface area contributed by atoms with Crippen LogP contribution in [0.2, 0.25) is 0 Å². The second-order valence-electron chi connectivity index (χ2n) is 3.67. The van der Waals surface area contributed by atoms with E-state index in [1.54, 1.807) is 0 Å². The molecular formula is C10H24Cl2N2OPt+2. The molecule has 102 valence electrons. The molecule has 0 fully saturated rings. The first kappa shape index (κ1) is 19.5. The molecule has 0 aliphatic rings. The summed E-state index contributed by atoms with van der Waals surface area (Å²) in [6.45, 7) is 0.933. The molecule has 0 radical (unpaired) electrons. The molecule has 0 aromatic carbocycles. The molecule has 0 bridgehead atoms. The number of hydrogen-bond acceptors (Lipinski definition) is 3. The van der Waals surface area contributed by atoms with Gasteiger partial charge in [-0.15, -0.1) is 0 Å². The predicted octanol–water partition coefficient (Wildman–Crippen LogP) is 2.37. The molecule has 0 aliphatic heterocycles. The first-order valence-electron chi connectivity index (χ1n) is 5.61. The predicted molar refractivity (Wildman–Crippen MR) is 68.1 cm³/mol. The van der Waals surface area contributed by atoms with Crippen molar-refractivity contribution in [2.24, 2.45) is 11.5 Å². The molecule has 6 heteroatoms. The summed E-state index contributed by atoms with van der Waals surface area (Å²) in [5.74, 6) is 0. The quantitative estimate of drug-likeness (QED) is 0.469. The number of hydrogen-bond donors (Lipinski definition) is 3. The van der Waals surface area contributed by atoms with E-state index < -0.39 is 16.5 Å². The molecule has 5 N–H and O–H groups in total. The zero-order valence-corrected chi connectivity index (χ0v) is 13.4. The van der Waals surface area contributed by atoms with Crippen LogP contribution >= 0.6 is 18.8 Å². The fourth-order valence-corrected chi connectivity index (χ4v) is 1.34. The molecule has 3 nitrogen and oxygen atoms in total. The fourth-order valence-electron chi connectivity index (χ4n) is 1.34. The Morgan fingerprint density at radius 3 is 1.88 bits per heavy atom. The molecule has 0 aromatic rings. The second-order valence-corrected chi connectivity index (χ2v) is 6.96. The van der Waals surface area contributed by atoms with E-state index in [1.165, 1.54) is 25.7 Å². The Labute approximate surface area is 116 Å². The third-order valence-corrected chi connectivity index (χ3v) is 2.29. The molecule has 0 aromatic heterocycles. The normalized spacial score (nSPS) is 12.1. The minimum absolute atomic E-state index is 0.192. The summed E-state index contributed by atoms with van der Waals surface area (Å²) in [6.07, 6.45) is 8.09. The van der Waals surface area contributed by atoms with E-state index in [-0.39, 0.29) is 6.04 Å². The van der Waals surface area contributed by atoms with Gasteiger partial charge < -0.3 is 16.6 Å². The van der Waals surface area contributed by atoms with Crippen LogP contribution in [0.25, 0.3) is 0 Å². The molecule has 0 saturated heterocycles. The summed E-state index contributed by atoms with van der Waals surface area (Å²) in [5.41, 5.74) is 11.1. The molecule has 0 aliphatic carbocycles. The zero-order chi connectivity index (χ0) is 12.6. The van der Waals surface area contributed by atoms with Crippen molar-refractivity contribution in [2.45, 2.75) is 51.0 Å².